The van der Waals surface area contributed by atoms with Crippen molar-refractivity contribution in [2.75, 3.05) is 32.8 Å². The van der Waals surface area contributed by atoms with Crippen LogP contribution in [0.2, 0.25) is 0 Å². The molecule has 0 radical (unpaired) electrons. The Labute approximate surface area is 216 Å². The minimum atomic E-state index is -0.392. The number of hydrogen-bond donors (Lipinski definition) is 0. The van der Waals surface area contributed by atoms with Crippen LogP contribution in [0, 0.1) is 16.0 Å². The molecule has 9 heteroatoms. The second kappa shape index (κ2) is 12.6. The molecule has 0 unspecified atom stereocenters. The third-order valence-electron chi connectivity index (χ3n) is 5.75. The molecule has 0 aromatic heterocycles. The standard InChI is InChI=1S/C27H33N3O5S/c1-19(2)18-35-27(32)29-15-13-28(14-16-29)26(31)12-10-21-9-11-25(23(17-21)30(33)34)36-24-8-6-5-7-22(24)20(3)4/h5-12,17,19-20H,13-16,18H2,1-4H3/b12-10+. The first-order valence-corrected chi connectivity index (χ1v) is 12.9. The highest BCUT2D eigenvalue weighted by atomic mass is 32.2. The predicted molar refractivity (Wildman–Crippen MR) is 141 cm³/mol. The third kappa shape index (κ3) is 7.34. The number of ether oxygens (including phenoxy) is 1. The van der Waals surface area contributed by atoms with Crippen LogP contribution >= 0.6 is 11.8 Å². The predicted octanol–water partition coefficient (Wildman–Crippen LogP) is 5.82. The maximum atomic E-state index is 12.7. The zero-order valence-corrected chi connectivity index (χ0v) is 22.0. The van der Waals surface area contributed by atoms with Crippen LogP contribution in [0.3, 0.4) is 0 Å². The van der Waals surface area contributed by atoms with Crippen LogP contribution in [0.4, 0.5) is 10.5 Å². The average Bonchev–Trinajstić information content (AvgIpc) is 2.86. The summed E-state index contributed by atoms with van der Waals surface area (Å²) in [5, 5.41) is 11.8. The summed E-state index contributed by atoms with van der Waals surface area (Å²) in [6, 6.07) is 12.9. The fourth-order valence-corrected chi connectivity index (χ4v) is 4.93. The summed E-state index contributed by atoms with van der Waals surface area (Å²) < 4.78 is 5.25. The number of piperazine rings is 1. The number of carbonyl (C=O) groups is 2. The molecule has 8 nitrogen and oxygen atoms in total. The van der Waals surface area contributed by atoms with Gasteiger partial charge in [-0.2, -0.15) is 0 Å². The summed E-state index contributed by atoms with van der Waals surface area (Å²) in [7, 11) is 0. The molecule has 2 amide bonds. The van der Waals surface area contributed by atoms with Gasteiger partial charge in [0.2, 0.25) is 5.91 Å². The Hall–Kier alpha value is -3.33. The largest absolute Gasteiger partial charge is 0.449 e. The van der Waals surface area contributed by atoms with E-state index in [1.54, 1.807) is 28.0 Å². The number of hydrogen-bond acceptors (Lipinski definition) is 6. The van der Waals surface area contributed by atoms with Gasteiger partial charge in [-0.15, -0.1) is 0 Å². The molecule has 0 aliphatic carbocycles. The Kier molecular flexibility index (Phi) is 9.52. The quantitative estimate of drug-likeness (QED) is 0.252. The summed E-state index contributed by atoms with van der Waals surface area (Å²) in [6.07, 6.45) is 2.66. The van der Waals surface area contributed by atoms with Crippen molar-refractivity contribution in [3.05, 3.63) is 69.8 Å². The first-order valence-electron chi connectivity index (χ1n) is 12.1. The Bertz CT molecular complexity index is 1120. The Morgan fingerprint density at radius 1 is 1.03 bits per heavy atom. The lowest BCUT2D eigenvalue weighted by molar-refractivity contribution is -0.387. The van der Waals surface area contributed by atoms with E-state index in [1.165, 1.54) is 23.9 Å². The molecule has 2 aromatic carbocycles. The van der Waals surface area contributed by atoms with E-state index < -0.39 is 4.92 Å². The molecule has 1 aliphatic heterocycles. The molecular formula is C27H33N3O5S. The summed E-state index contributed by atoms with van der Waals surface area (Å²) >= 11 is 1.38. The molecule has 1 fully saturated rings. The number of nitrogens with zero attached hydrogens (tertiary/aromatic N) is 3. The normalized spacial score (nSPS) is 14.1. The SMILES string of the molecule is CC(C)COC(=O)N1CCN(C(=O)/C=C/c2ccc(Sc3ccccc3C(C)C)c([N+](=O)[O-])c2)CC1. The van der Waals surface area contributed by atoms with Crippen LogP contribution in [-0.4, -0.2) is 59.5 Å². The van der Waals surface area contributed by atoms with Crippen molar-refractivity contribution in [1.29, 1.82) is 0 Å². The van der Waals surface area contributed by atoms with E-state index in [0.29, 0.717) is 49.2 Å². The maximum absolute atomic E-state index is 12.7. The summed E-state index contributed by atoms with van der Waals surface area (Å²) in [4.78, 5) is 41.0. The molecule has 36 heavy (non-hydrogen) atoms. The van der Waals surface area contributed by atoms with Crippen LogP contribution in [0.5, 0.6) is 0 Å². The van der Waals surface area contributed by atoms with Crippen LogP contribution in [0.1, 0.15) is 44.7 Å². The molecule has 0 N–H and O–H groups in total. The molecule has 0 saturated carbocycles. The number of rotatable bonds is 8. The second-order valence-electron chi connectivity index (χ2n) is 9.40. The number of carbonyl (C=O) groups excluding carboxylic acids is 2. The van der Waals surface area contributed by atoms with Crippen molar-refractivity contribution in [3.63, 3.8) is 0 Å². The van der Waals surface area contributed by atoms with E-state index in [4.69, 9.17) is 4.74 Å². The van der Waals surface area contributed by atoms with E-state index in [-0.39, 0.29) is 23.6 Å². The van der Waals surface area contributed by atoms with Gasteiger partial charge in [0.1, 0.15) is 0 Å². The highest BCUT2D eigenvalue weighted by Crippen LogP contribution is 2.39. The fraction of sp³-hybridized carbons (Fsp3) is 0.407. The lowest BCUT2D eigenvalue weighted by Gasteiger charge is -2.33. The van der Waals surface area contributed by atoms with Crippen LogP contribution < -0.4 is 0 Å². The van der Waals surface area contributed by atoms with Gasteiger partial charge in [0.05, 0.1) is 16.4 Å². The molecule has 2 aromatic rings. The Morgan fingerprint density at radius 2 is 1.69 bits per heavy atom. The third-order valence-corrected chi connectivity index (χ3v) is 6.91. The zero-order chi connectivity index (χ0) is 26.2. The van der Waals surface area contributed by atoms with Crippen LogP contribution in [0.15, 0.2) is 58.3 Å². The van der Waals surface area contributed by atoms with Gasteiger partial charge in [0, 0.05) is 43.2 Å². The van der Waals surface area contributed by atoms with Crippen molar-refractivity contribution in [3.8, 4) is 0 Å². The molecular weight excluding hydrogens is 478 g/mol. The molecule has 0 spiro atoms. The summed E-state index contributed by atoms with van der Waals surface area (Å²) in [5.41, 5.74) is 1.72. The van der Waals surface area contributed by atoms with Gasteiger partial charge in [-0.3, -0.25) is 14.9 Å². The van der Waals surface area contributed by atoms with Gasteiger partial charge in [0.25, 0.3) is 5.69 Å². The van der Waals surface area contributed by atoms with Gasteiger partial charge in [-0.1, -0.05) is 63.7 Å². The molecule has 0 atom stereocenters. The highest BCUT2D eigenvalue weighted by molar-refractivity contribution is 7.99. The van der Waals surface area contributed by atoms with E-state index >= 15 is 0 Å². The van der Waals surface area contributed by atoms with Crippen molar-refractivity contribution in [2.45, 2.75) is 43.4 Å². The molecule has 1 saturated heterocycles. The first-order chi connectivity index (χ1) is 17.2. The molecule has 192 valence electrons. The van der Waals surface area contributed by atoms with Gasteiger partial charge in [-0.25, -0.2) is 4.79 Å². The number of benzene rings is 2. The van der Waals surface area contributed by atoms with E-state index in [1.807, 2.05) is 38.1 Å². The molecule has 0 bridgehead atoms. The summed E-state index contributed by atoms with van der Waals surface area (Å²) in [6.45, 7) is 10.1. The highest BCUT2D eigenvalue weighted by Gasteiger charge is 2.24. The van der Waals surface area contributed by atoms with E-state index in [0.717, 1.165) is 10.5 Å². The topological polar surface area (TPSA) is 93.0 Å². The van der Waals surface area contributed by atoms with Crippen molar-refractivity contribution < 1.29 is 19.2 Å². The number of amides is 2. The lowest BCUT2D eigenvalue weighted by atomic mass is 10.0. The zero-order valence-electron chi connectivity index (χ0n) is 21.2. The van der Waals surface area contributed by atoms with Crippen molar-refractivity contribution >= 4 is 35.5 Å². The molecule has 1 aliphatic rings. The summed E-state index contributed by atoms with van der Waals surface area (Å²) in [5.74, 6) is 0.368. The van der Waals surface area contributed by atoms with Crippen molar-refractivity contribution in [1.82, 2.24) is 9.80 Å². The van der Waals surface area contributed by atoms with Gasteiger partial charge < -0.3 is 14.5 Å². The Morgan fingerprint density at radius 3 is 2.33 bits per heavy atom. The van der Waals surface area contributed by atoms with Gasteiger partial charge in [0.15, 0.2) is 0 Å². The molecule has 1 heterocycles. The minimum Gasteiger partial charge on any atom is -0.449 e. The maximum Gasteiger partial charge on any atom is 0.409 e. The number of nitro benzene ring substituents is 1. The van der Waals surface area contributed by atoms with Crippen LogP contribution in [-0.2, 0) is 9.53 Å². The van der Waals surface area contributed by atoms with Crippen molar-refractivity contribution in [2.24, 2.45) is 5.92 Å². The monoisotopic (exact) mass is 511 g/mol. The first kappa shape index (κ1) is 27.3. The van der Waals surface area contributed by atoms with E-state index in [9.17, 15) is 19.7 Å². The average molecular weight is 512 g/mol. The number of nitro groups is 1. The second-order valence-corrected chi connectivity index (χ2v) is 10.5. The van der Waals surface area contributed by atoms with Crippen LogP contribution in [0.25, 0.3) is 6.08 Å². The lowest BCUT2D eigenvalue weighted by Crippen LogP contribution is -2.50. The van der Waals surface area contributed by atoms with Gasteiger partial charge in [-0.05, 0) is 41.2 Å². The fourth-order valence-electron chi connectivity index (χ4n) is 3.75. The molecule has 3 rings (SSSR count). The minimum absolute atomic E-state index is 0.00156. The van der Waals surface area contributed by atoms with Gasteiger partial charge >= 0.3 is 6.09 Å². The smallest absolute Gasteiger partial charge is 0.409 e. The van der Waals surface area contributed by atoms with E-state index in [2.05, 4.69) is 13.8 Å². The Balaban J connectivity index is 1.64.